The molecule has 0 aliphatic rings. The lowest BCUT2D eigenvalue weighted by atomic mass is 10.1. The molecule has 0 fully saturated rings. The van der Waals surface area contributed by atoms with Crippen LogP contribution in [0, 0.1) is 0 Å². The highest BCUT2D eigenvalue weighted by Crippen LogP contribution is 2.29. The van der Waals surface area contributed by atoms with Gasteiger partial charge in [0.2, 0.25) is 0 Å². The first-order valence-electron chi connectivity index (χ1n) is 8.70. The summed E-state index contributed by atoms with van der Waals surface area (Å²) < 4.78 is 19.6. The Balaban J connectivity index is 2.26. The van der Waals surface area contributed by atoms with E-state index < -0.39 is 17.8 Å². The third-order valence-corrected chi connectivity index (χ3v) is 3.93. The predicted molar refractivity (Wildman–Crippen MR) is 110 cm³/mol. The van der Waals surface area contributed by atoms with Crippen LogP contribution in [0.4, 0.5) is 11.4 Å². The van der Waals surface area contributed by atoms with Crippen LogP contribution in [-0.4, -0.2) is 46.3 Å². The number of esters is 2. The molecule has 2 N–H and O–H groups in total. The van der Waals surface area contributed by atoms with Crippen molar-refractivity contribution in [2.75, 3.05) is 39.1 Å². The Morgan fingerprint density at radius 3 is 2.27 bits per heavy atom. The van der Waals surface area contributed by atoms with Gasteiger partial charge in [-0.3, -0.25) is 4.79 Å². The Labute approximate surface area is 173 Å². The number of hydrogen-bond donors (Lipinski definition) is 2. The largest absolute Gasteiger partial charge is 0.497 e. The third kappa shape index (κ3) is 5.74. The van der Waals surface area contributed by atoms with Gasteiger partial charge in [-0.05, 0) is 30.3 Å². The van der Waals surface area contributed by atoms with Crippen LogP contribution in [0.25, 0.3) is 0 Å². The van der Waals surface area contributed by atoms with Crippen LogP contribution in [0.3, 0.4) is 0 Å². The van der Waals surface area contributed by atoms with Crippen molar-refractivity contribution in [3.8, 4) is 11.5 Å². The topological polar surface area (TPSA) is 112 Å². The van der Waals surface area contributed by atoms with Crippen molar-refractivity contribution in [1.82, 2.24) is 0 Å². The molecule has 0 aromatic heterocycles. The molecule has 0 radical (unpaired) electrons. The maximum absolute atomic E-state index is 12.7. The molecule has 0 saturated heterocycles. The van der Waals surface area contributed by atoms with Gasteiger partial charge in [-0.25, -0.2) is 9.59 Å². The van der Waals surface area contributed by atoms with Crippen LogP contribution in [0.1, 0.15) is 10.4 Å². The van der Waals surface area contributed by atoms with Crippen molar-refractivity contribution in [2.24, 2.45) is 0 Å². The molecule has 1 amide bonds. The number of amides is 1. The second-order valence-electron chi connectivity index (χ2n) is 5.80. The number of hydrogen-bond acceptors (Lipinski definition) is 8. The molecule has 0 atom stereocenters. The minimum absolute atomic E-state index is 0.142. The van der Waals surface area contributed by atoms with Gasteiger partial charge in [0, 0.05) is 17.3 Å². The monoisotopic (exact) mass is 414 g/mol. The number of rotatable bonds is 8. The molecule has 30 heavy (non-hydrogen) atoms. The summed E-state index contributed by atoms with van der Waals surface area (Å²) in [6.45, 7) is 0. The lowest BCUT2D eigenvalue weighted by molar-refractivity contribution is -0.138. The van der Waals surface area contributed by atoms with Gasteiger partial charge >= 0.3 is 11.9 Å². The molecule has 0 saturated carbocycles. The highest BCUT2D eigenvalue weighted by molar-refractivity contribution is 6.06. The van der Waals surface area contributed by atoms with Crippen molar-refractivity contribution in [3.05, 3.63) is 59.8 Å². The smallest absolute Gasteiger partial charge is 0.354 e. The van der Waals surface area contributed by atoms with Crippen molar-refractivity contribution >= 4 is 29.2 Å². The van der Waals surface area contributed by atoms with Gasteiger partial charge in [-0.1, -0.05) is 6.07 Å². The molecule has 0 heterocycles. The van der Waals surface area contributed by atoms with Crippen LogP contribution < -0.4 is 20.1 Å². The number of ether oxygens (including phenoxy) is 4. The number of carbonyl (C=O) groups is 3. The summed E-state index contributed by atoms with van der Waals surface area (Å²) in [5.41, 5.74) is 0.977. The molecule has 9 heteroatoms. The SMILES string of the molecule is COC(=O)/C=C(/Nc1cccc(C(=O)Nc2cc(OC)ccc2OC)c1)C(=O)OC. The van der Waals surface area contributed by atoms with Crippen molar-refractivity contribution in [1.29, 1.82) is 0 Å². The van der Waals surface area contributed by atoms with E-state index in [0.717, 1.165) is 6.08 Å². The fraction of sp³-hybridized carbons (Fsp3) is 0.190. The van der Waals surface area contributed by atoms with Gasteiger partial charge < -0.3 is 29.6 Å². The zero-order valence-corrected chi connectivity index (χ0v) is 17.0. The van der Waals surface area contributed by atoms with Crippen LogP contribution >= 0.6 is 0 Å². The summed E-state index contributed by atoms with van der Waals surface area (Å²) >= 11 is 0. The normalized spacial score (nSPS) is 10.6. The highest BCUT2D eigenvalue weighted by Gasteiger charge is 2.15. The summed E-state index contributed by atoms with van der Waals surface area (Å²) in [7, 11) is 5.37. The van der Waals surface area contributed by atoms with E-state index >= 15 is 0 Å². The quantitative estimate of drug-likeness (QED) is 0.501. The van der Waals surface area contributed by atoms with Crippen molar-refractivity contribution in [3.63, 3.8) is 0 Å². The summed E-state index contributed by atoms with van der Waals surface area (Å²) in [5, 5.41) is 5.51. The van der Waals surface area contributed by atoms with E-state index in [9.17, 15) is 14.4 Å². The molecular weight excluding hydrogens is 392 g/mol. The molecule has 0 unspecified atom stereocenters. The van der Waals surface area contributed by atoms with E-state index in [1.54, 1.807) is 36.4 Å². The van der Waals surface area contributed by atoms with Crippen LogP contribution in [0.15, 0.2) is 54.2 Å². The summed E-state index contributed by atoms with van der Waals surface area (Å²) in [4.78, 5) is 36.1. The maximum atomic E-state index is 12.7. The predicted octanol–water partition coefficient (Wildman–Crippen LogP) is 2.60. The minimum atomic E-state index is -0.767. The lowest BCUT2D eigenvalue weighted by Crippen LogP contribution is -2.16. The van der Waals surface area contributed by atoms with Gasteiger partial charge in [0.1, 0.15) is 17.2 Å². The summed E-state index contributed by atoms with van der Waals surface area (Å²) in [5.74, 6) is -0.898. The number of methoxy groups -OCH3 is 4. The first-order valence-corrected chi connectivity index (χ1v) is 8.70. The van der Waals surface area contributed by atoms with Crippen LogP contribution in [-0.2, 0) is 19.1 Å². The number of benzene rings is 2. The summed E-state index contributed by atoms with van der Waals surface area (Å²) in [6, 6.07) is 11.4. The van der Waals surface area contributed by atoms with Crippen molar-refractivity contribution < 1.29 is 33.3 Å². The minimum Gasteiger partial charge on any atom is -0.497 e. The zero-order valence-electron chi connectivity index (χ0n) is 17.0. The van der Waals surface area contributed by atoms with E-state index in [2.05, 4.69) is 20.1 Å². The number of carbonyl (C=O) groups excluding carboxylic acids is 3. The molecule has 9 nitrogen and oxygen atoms in total. The average molecular weight is 414 g/mol. The Morgan fingerprint density at radius 1 is 0.867 bits per heavy atom. The molecule has 2 aromatic carbocycles. The number of anilines is 2. The molecule has 158 valence electrons. The molecule has 0 aliphatic carbocycles. The lowest BCUT2D eigenvalue weighted by Gasteiger charge is -2.13. The van der Waals surface area contributed by atoms with Gasteiger partial charge in [0.05, 0.1) is 40.2 Å². The van der Waals surface area contributed by atoms with E-state index in [0.29, 0.717) is 28.4 Å². The van der Waals surface area contributed by atoms with E-state index in [1.165, 1.54) is 34.5 Å². The first kappa shape index (κ1) is 22.3. The van der Waals surface area contributed by atoms with Crippen LogP contribution in [0.5, 0.6) is 11.5 Å². The summed E-state index contributed by atoms with van der Waals surface area (Å²) in [6.07, 6.45) is 0.958. The molecule has 0 spiro atoms. The Kier molecular flexibility index (Phi) is 7.81. The third-order valence-electron chi connectivity index (χ3n) is 3.93. The average Bonchev–Trinajstić information content (AvgIpc) is 2.77. The Hall–Kier alpha value is -4.01. The van der Waals surface area contributed by atoms with Gasteiger partial charge in [0.15, 0.2) is 0 Å². The molecule has 2 rings (SSSR count). The fourth-order valence-electron chi connectivity index (χ4n) is 2.43. The van der Waals surface area contributed by atoms with E-state index in [4.69, 9.17) is 9.47 Å². The second kappa shape index (κ2) is 10.5. The number of nitrogens with one attached hydrogen (secondary N) is 2. The van der Waals surface area contributed by atoms with Crippen LogP contribution in [0.2, 0.25) is 0 Å². The molecule has 0 aliphatic heterocycles. The Bertz CT molecular complexity index is 970. The standard InChI is InChI=1S/C21H22N2O7/c1-27-15-8-9-18(28-2)16(11-15)23-20(25)13-6-5-7-14(10-13)22-17(21(26)30-4)12-19(24)29-3/h5-12,22H,1-4H3,(H,23,25)/b17-12+. The van der Waals surface area contributed by atoms with Gasteiger partial charge in [0.25, 0.3) is 5.91 Å². The maximum Gasteiger partial charge on any atom is 0.354 e. The Morgan fingerprint density at radius 2 is 1.63 bits per heavy atom. The van der Waals surface area contributed by atoms with Gasteiger partial charge in [-0.15, -0.1) is 0 Å². The second-order valence-corrected chi connectivity index (χ2v) is 5.80. The van der Waals surface area contributed by atoms with E-state index in [-0.39, 0.29) is 5.70 Å². The van der Waals surface area contributed by atoms with Crippen molar-refractivity contribution in [2.45, 2.75) is 0 Å². The zero-order chi connectivity index (χ0) is 22.1. The highest BCUT2D eigenvalue weighted by atomic mass is 16.5. The molecular formula is C21H22N2O7. The molecule has 0 bridgehead atoms. The first-order chi connectivity index (χ1) is 14.4. The molecule has 2 aromatic rings. The fourth-order valence-corrected chi connectivity index (χ4v) is 2.43. The van der Waals surface area contributed by atoms with Gasteiger partial charge in [-0.2, -0.15) is 0 Å². The van der Waals surface area contributed by atoms with E-state index in [1.807, 2.05) is 0 Å².